The van der Waals surface area contributed by atoms with Crippen LogP contribution < -0.4 is 11.1 Å². The molecular weight excluding hydrogens is 152 g/mol. The van der Waals surface area contributed by atoms with E-state index in [1.807, 2.05) is 6.92 Å². The van der Waals surface area contributed by atoms with Crippen LogP contribution in [0.3, 0.4) is 0 Å². The Bertz CT molecular complexity index is 111. The van der Waals surface area contributed by atoms with E-state index in [-0.39, 0.29) is 6.10 Å². The molecule has 0 saturated carbocycles. The molecule has 0 aromatic rings. The van der Waals surface area contributed by atoms with Crippen molar-refractivity contribution in [3.63, 3.8) is 0 Å². The van der Waals surface area contributed by atoms with Gasteiger partial charge < -0.3 is 15.8 Å². The lowest BCUT2D eigenvalue weighted by atomic mass is 10.2. The van der Waals surface area contributed by atoms with Gasteiger partial charge in [-0.3, -0.25) is 0 Å². The second kappa shape index (κ2) is 5.51. The first-order chi connectivity index (χ1) is 5.83. The Labute approximate surface area is 74.7 Å². The predicted octanol–water partition coefficient (Wildman–Crippen LogP) is 0.492. The summed E-state index contributed by atoms with van der Waals surface area (Å²) in [5, 5.41) is 3.36. The lowest BCUT2D eigenvalue weighted by Crippen LogP contribution is -2.32. The normalized spacial score (nSPS) is 28.0. The van der Waals surface area contributed by atoms with E-state index in [9.17, 15) is 0 Å². The van der Waals surface area contributed by atoms with Crippen LogP contribution in [0.15, 0.2) is 0 Å². The first kappa shape index (κ1) is 9.96. The van der Waals surface area contributed by atoms with Crippen molar-refractivity contribution in [3.8, 4) is 0 Å². The first-order valence-electron chi connectivity index (χ1n) is 4.89. The Morgan fingerprint density at radius 2 is 2.42 bits per heavy atom. The molecule has 3 nitrogen and oxygen atoms in total. The van der Waals surface area contributed by atoms with E-state index in [4.69, 9.17) is 10.5 Å². The summed E-state index contributed by atoms with van der Waals surface area (Å²) in [7, 11) is 0. The van der Waals surface area contributed by atoms with Crippen LogP contribution in [0.5, 0.6) is 0 Å². The van der Waals surface area contributed by atoms with Crippen molar-refractivity contribution in [2.75, 3.05) is 19.6 Å². The molecule has 0 spiro atoms. The topological polar surface area (TPSA) is 47.3 Å². The van der Waals surface area contributed by atoms with Crippen LogP contribution in [-0.2, 0) is 4.74 Å². The van der Waals surface area contributed by atoms with Crippen LogP contribution >= 0.6 is 0 Å². The summed E-state index contributed by atoms with van der Waals surface area (Å²) in [4.78, 5) is 0. The first-order valence-corrected chi connectivity index (χ1v) is 4.89. The zero-order valence-electron chi connectivity index (χ0n) is 7.88. The van der Waals surface area contributed by atoms with Gasteiger partial charge in [-0.25, -0.2) is 0 Å². The van der Waals surface area contributed by atoms with Crippen LogP contribution in [0.1, 0.15) is 26.2 Å². The molecule has 2 unspecified atom stereocenters. The van der Waals surface area contributed by atoms with Gasteiger partial charge in [0.05, 0.1) is 12.2 Å². The van der Waals surface area contributed by atoms with Gasteiger partial charge in [-0.2, -0.15) is 0 Å². The monoisotopic (exact) mass is 172 g/mol. The fourth-order valence-corrected chi connectivity index (χ4v) is 1.49. The van der Waals surface area contributed by atoms with Gasteiger partial charge in [-0.15, -0.1) is 0 Å². The molecule has 0 aliphatic carbocycles. The molecule has 1 saturated heterocycles. The Morgan fingerprint density at radius 1 is 1.58 bits per heavy atom. The highest BCUT2D eigenvalue weighted by Crippen LogP contribution is 2.09. The van der Waals surface area contributed by atoms with E-state index >= 15 is 0 Å². The fourth-order valence-electron chi connectivity index (χ4n) is 1.49. The standard InChI is InChI=1S/C9H20N2O/c1-8(6-10)12-9-4-2-3-5-11-7-9/h8-9,11H,2-7,10H2,1H3. The number of nitrogens with two attached hydrogens (primary N) is 1. The van der Waals surface area contributed by atoms with Crippen molar-refractivity contribution in [1.29, 1.82) is 0 Å². The van der Waals surface area contributed by atoms with Crippen molar-refractivity contribution in [2.45, 2.75) is 38.4 Å². The average molecular weight is 172 g/mol. The van der Waals surface area contributed by atoms with E-state index in [2.05, 4.69) is 5.32 Å². The Hall–Kier alpha value is -0.120. The Morgan fingerprint density at radius 3 is 3.17 bits per heavy atom. The zero-order chi connectivity index (χ0) is 8.81. The van der Waals surface area contributed by atoms with Gasteiger partial charge in [0.2, 0.25) is 0 Å². The number of nitrogens with one attached hydrogen (secondary N) is 1. The maximum Gasteiger partial charge on any atom is 0.0703 e. The smallest absolute Gasteiger partial charge is 0.0703 e. The Kier molecular flexibility index (Phi) is 4.58. The van der Waals surface area contributed by atoms with Crippen LogP contribution in [0.25, 0.3) is 0 Å². The summed E-state index contributed by atoms with van der Waals surface area (Å²) in [5.41, 5.74) is 5.48. The summed E-state index contributed by atoms with van der Waals surface area (Å²) in [6.45, 7) is 4.78. The summed E-state index contributed by atoms with van der Waals surface area (Å²) >= 11 is 0. The fraction of sp³-hybridized carbons (Fsp3) is 1.00. The third kappa shape index (κ3) is 3.52. The number of rotatable bonds is 3. The molecule has 1 heterocycles. The van der Waals surface area contributed by atoms with Crippen LogP contribution in [0, 0.1) is 0 Å². The molecule has 72 valence electrons. The van der Waals surface area contributed by atoms with Crippen molar-refractivity contribution >= 4 is 0 Å². The van der Waals surface area contributed by atoms with Crippen molar-refractivity contribution in [1.82, 2.24) is 5.32 Å². The van der Waals surface area contributed by atoms with Crippen molar-refractivity contribution < 1.29 is 4.74 Å². The second-order valence-electron chi connectivity index (χ2n) is 3.50. The summed E-state index contributed by atoms with van der Waals surface area (Å²) in [6, 6.07) is 0. The van der Waals surface area contributed by atoms with E-state index in [0.29, 0.717) is 12.6 Å². The lowest BCUT2D eigenvalue weighted by molar-refractivity contribution is 0.00167. The minimum absolute atomic E-state index is 0.204. The Balaban J connectivity index is 2.20. The summed E-state index contributed by atoms with van der Waals surface area (Å²) in [6.07, 6.45) is 4.31. The third-order valence-corrected chi connectivity index (χ3v) is 2.26. The highest BCUT2D eigenvalue weighted by molar-refractivity contribution is 4.68. The molecule has 0 radical (unpaired) electrons. The van der Waals surface area contributed by atoms with Gasteiger partial charge in [-0.1, -0.05) is 0 Å². The molecule has 0 bridgehead atoms. The van der Waals surface area contributed by atoms with E-state index in [0.717, 1.165) is 13.1 Å². The van der Waals surface area contributed by atoms with Gasteiger partial charge >= 0.3 is 0 Å². The largest absolute Gasteiger partial charge is 0.373 e. The third-order valence-electron chi connectivity index (χ3n) is 2.26. The molecule has 1 rings (SSSR count). The zero-order valence-corrected chi connectivity index (χ0v) is 7.88. The average Bonchev–Trinajstić information content (AvgIpc) is 2.33. The number of ether oxygens (including phenoxy) is 1. The highest BCUT2D eigenvalue weighted by atomic mass is 16.5. The summed E-state index contributed by atoms with van der Waals surface area (Å²) < 4.78 is 5.73. The molecule has 3 heteroatoms. The van der Waals surface area contributed by atoms with E-state index in [1.54, 1.807) is 0 Å². The van der Waals surface area contributed by atoms with Gasteiger partial charge in [0.1, 0.15) is 0 Å². The molecule has 1 aliphatic rings. The van der Waals surface area contributed by atoms with Gasteiger partial charge in [0.15, 0.2) is 0 Å². The van der Waals surface area contributed by atoms with Gasteiger partial charge in [-0.05, 0) is 32.7 Å². The molecule has 0 amide bonds. The lowest BCUT2D eigenvalue weighted by Gasteiger charge is -2.19. The van der Waals surface area contributed by atoms with Crippen molar-refractivity contribution in [2.24, 2.45) is 5.73 Å². The maximum absolute atomic E-state index is 5.73. The predicted molar refractivity (Wildman–Crippen MR) is 50.1 cm³/mol. The van der Waals surface area contributed by atoms with Crippen LogP contribution in [-0.4, -0.2) is 31.8 Å². The van der Waals surface area contributed by atoms with Gasteiger partial charge in [0.25, 0.3) is 0 Å². The van der Waals surface area contributed by atoms with Crippen LogP contribution in [0.4, 0.5) is 0 Å². The van der Waals surface area contributed by atoms with Crippen LogP contribution in [0.2, 0.25) is 0 Å². The molecule has 12 heavy (non-hydrogen) atoms. The molecule has 2 atom stereocenters. The van der Waals surface area contributed by atoms with E-state index < -0.39 is 0 Å². The number of hydrogen-bond donors (Lipinski definition) is 2. The minimum Gasteiger partial charge on any atom is -0.373 e. The van der Waals surface area contributed by atoms with Crippen molar-refractivity contribution in [3.05, 3.63) is 0 Å². The number of hydrogen-bond acceptors (Lipinski definition) is 3. The molecule has 3 N–H and O–H groups in total. The van der Waals surface area contributed by atoms with E-state index in [1.165, 1.54) is 19.3 Å². The summed E-state index contributed by atoms with van der Waals surface area (Å²) in [5.74, 6) is 0. The second-order valence-corrected chi connectivity index (χ2v) is 3.50. The molecule has 1 fully saturated rings. The quantitative estimate of drug-likeness (QED) is 0.651. The highest BCUT2D eigenvalue weighted by Gasteiger charge is 2.14. The maximum atomic E-state index is 5.73. The molecular formula is C9H20N2O. The minimum atomic E-state index is 0.204. The molecule has 1 aliphatic heterocycles. The van der Waals surface area contributed by atoms with Gasteiger partial charge in [0, 0.05) is 13.1 Å². The SMILES string of the molecule is CC(CN)OC1CCCCNC1. The molecule has 0 aromatic carbocycles. The molecule has 0 aromatic heterocycles.